The minimum atomic E-state index is -0.794. The predicted molar refractivity (Wildman–Crippen MR) is 96.1 cm³/mol. The van der Waals surface area contributed by atoms with Gasteiger partial charge in [-0.3, -0.25) is 4.79 Å². The average Bonchev–Trinajstić information content (AvgIpc) is 3.10. The van der Waals surface area contributed by atoms with Gasteiger partial charge in [0, 0.05) is 4.88 Å². The summed E-state index contributed by atoms with van der Waals surface area (Å²) in [6.07, 6.45) is 0.473. The van der Waals surface area contributed by atoms with Crippen molar-refractivity contribution in [1.82, 2.24) is 0 Å². The number of carboxylic acid groups (broad SMARTS) is 1. The molecule has 1 unspecified atom stereocenters. The SMILES string of the molecule is Cc1ccccc1Oc1ccc(CC(C(=O)O)c2cccs2)cc1. The fourth-order valence-electron chi connectivity index (χ4n) is 2.53. The number of benzene rings is 2. The normalized spacial score (nSPS) is 11.9. The molecule has 1 aromatic heterocycles. The van der Waals surface area contributed by atoms with Crippen LogP contribution in [0.5, 0.6) is 11.5 Å². The van der Waals surface area contributed by atoms with E-state index in [1.54, 1.807) is 0 Å². The lowest BCUT2D eigenvalue weighted by Crippen LogP contribution is -2.13. The zero-order chi connectivity index (χ0) is 16.9. The van der Waals surface area contributed by atoms with E-state index in [1.807, 2.05) is 73.0 Å². The van der Waals surface area contributed by atoms with Gasteiger partial charge < -0.3 is 9.84 Å². The van der Waals surface area contributed by atoms with Crippen LogP contribution in [0.3, 0.4) is 0 Å². The lowest BCUT2D eigenvalue weighted by Gasteiger charge is -2.12. The van der Waals surface area contributed by atoms with E-state index in [9.17, 15) is 9.90 Å². The van der Waals surface area contributed by atoms with Gasteiger partial charge in [-0.15, -0.1) is 11.3 Å². The van der Waals surface area contributed by atoms with Crippen molar-refractivity contribution in [3.63, 3.8) is 0 Å². The molecule has 0 aliphatic carbocycles. The third-order valence-corrected chi connectivity index (χ3v) is 4.86. The summed E-state index contributed by atoms with van der Waals surface area (Å²) in [6, 6.07) is 19.2. The number of hydrogen-bond acceptors (Lipinski definition) is 3. The first-order valence-corrected chi connectivity index (χ1v) is 8.60. The summed E-state index contributed by atoms with van der Waals surface area (Å²) < 4.78 is 5.87. The van der Waals surface area contributed by atoms with Crippen LogP contribution < -0.4 is 4.74 Å². The second-order valence-electron chi connectivity index (χ2n) is 5.62. The van der Waals surface area contributed by atoms with E-state index in [0.717, 1.165) is 27.5 Å². The molecule has 0 radical (unpaired) electrons. The Balaban J connectivity index is 1.72. The molecule has 24 heavy (non-hydrogen) atoms. The summed E-state index contributed by atoms with van der Waals surface area (Å²) in [4.78, 5) is 12.4. The standard InChI is InChI=1S/C20H18O3S/c1-14-5-2-3-6-18(14)23-16-10-8-15(9-11-16)13-17(20(21)22)19-7-4-12-24-19/h2-12,17H,13H2,1H3,(H,21,22). The fraction of sp³-hybridized carbons (Fsp3) is 0.150. The lowest BCUT2D eigenvalue weighted by atomic mass is 9.98. The van der Waals surface area contributed by atoms with Gasteiger partial charge in [0.15, 0.2) is 0 Å². The van der Waals surface area contributed by atoms with Gasteiger partial charge in [-0.25, -0.2) is 0 Å². The molecule has 4 heteroatoms. The number of aliphatic carboxylic acids is 1. The molecule has 0 spiro atoms. The van der Waals surface area contributed by atoms with Crippen LogP contribution in [0.25, 0.3) is 0 Å². The van der Waals surface area contributed by atoms with Crippen molar-refractivity contribution in [1.29, 1.82) is 0 Å². The first-order chi connectivity index (χ1) is 11.6. The van der Waals surface area contributed by atoms with Crippen LogP contribution in [0, 0.1) is 6.92 Å². The average molecular weight is 338 g/mol. The molecule has 3 nitrogen and oxygen atoms in total. The Kier molecular flexibility index (Phi) is 4.96. The van der Waals surface area contributed by atoms with Gasteiger partial charge in [-0.1, -0.05) is 36.4 Å². The van der Waals surface area contributed by atoms with Crippen LogP contribution >= 0.6 is 11.3 Å². The number of carboxylic acids is 1. The minimum absolute atomic E-state index is 0.473. The number of ether oxygens (including phenoxy) is 1. The molecule has 0 fully saturated rings. The van der Waals surface area contributed by atoms with E-state index >= 15 is 0 Å². The smallest absolute Gasteiger partial charge is 0.312 e. The van der Waals surface area contributed by atoms with Crippen molar-refractivity contribution in [2.45, 2.75) is 19.3 Å². The molecule has 3 aromatic rings. The number of rotatable bonds is 6. The largest absolute Gasteiger partial charge is 0.481 e. The molecule has 2 aromatic carbocycles. The molecule has 122 valence electrons. The molecule has 1 N–H and O–H groups in total. The van der Waals surface area contributed by atoms with Crippen LogP contribution in [0.15, 0.2) is 66.0 Å². The zero-order valence-corrected chi connectivity index (χ0v) is 14.1. The van der Waals surface area contributed by atoms with Crippen LogP contribution in [0.4, 0.5) is 0 Å². The monoisotopic (exact) mass is 338 g/mol. The number of aryl methyl sites for hydroxylation is 1. The highest BCUT2D eigenvalue weighted by molar-refractivity contribution is 7.10. The Hall–Kier alpha value is -2.59. The van der Waals surface area contributed by atoms with Gasteiger partial charge >= 0.3 is 5.97 Å². The van der Waals surface area contributed by atoms with Crippen LogP contribution in [-0.4, -0.2) is 11.1 Å². The second kappa shape index (κ2) is 7.32. The Labute approximate surface area is 145 Å². The lowest BCUT2D eigenvalue weighted by molar-refractivity contribution is -0.138. The quantitative estimate of drug-likeness (QED) is 0.667. The van der Waals surface area contributed by atoms with E-state index < -0.39 is 11.9 Å². The molecule has 3 rings (SSSR count). The first-order valence-electron chi connectivity index (χ1n) is 7.72. The summed E-state index contributed by atoms with van der Waals surface area (Å²) in [5, 5.41) is 11.4. The van der Waals surface area contributed by atoms with Gasteiger partial charge in [-0.2, -0.15) is 0 Å². The van der Waals surface area contributed by atoms with Gasteiger partial charge in [0.25, 0.3) is 0 Å². The highest BCUT2D eigenvalue weighted by Crippen LogP contribution is 2.28. The summed E-state index contributed by atoms with van der Waals surface area (Å²) >= 11 is 1.48. The van der Waals surface area contributed by atoms with Crippen LogP contribution in [0.1, 0.15) is 21.9 Å². The second-order valence-corrected chi connectivity index (χ2v) is 6.60. The summed E-state index contributed by atoms with van der Waals surface area (Å²) in [6.45, 7) is 2.00. The van der Waals surface area contributed by atoms with Crippen molar-refractivity contribution in [3.8, 4) is 11.5 Å². The molecule has 0 saturated heterocycles. The maximum atomic E-state index is 11.5. The Morgan fingerprint density at radius 3 is 2.46 bits per heavy atom. The van der Waals surface area contributed by atoms with Crippen molar-refractivity contribution >= 4 is 17.3 Å². The Morgan fingerprint density at radius 2 is 1.83 bits per heavy atom. The fourth-order valence-corrected chi connectivity index (χ4v) is 3.35. The molecule has 0 aliphatic heterocycles. The Bertz CT molecular complexity index is 807. The number of thiophene rings is 1. The number of para-hydroxylation sites is 1. The first kappa shape index (κ1) is 16.3. The van der Waals surface area contributed by atoms with E-state index in [1.165, 1.54) is 11.3 Å². The third kappa shape index (κ3) is 3.84. The van der Waals surface area contributed by atoms with E-state index in [0.29, 0.717) is 6.42 Å². The maximum Gasteiger partial charge on any atom is 0.312 e. The number of hydrogen-bond donors (Lipinski definition) is 1. The van der Waals surface area contributed by atoms with E-state index in [-0.39, 0.29) is 0 Å². The molecular formula is C20H18O3S. The van der Waals surface area contributed by atoms with Crippen molar-refractivity contribution in [2.75, 3.05) is 0 Å². The van der Waals surface area contributed by atoms with Gasteiger partial charge in [0.05, 0.1) is 5.92 Å². The van der Waals surface area contributed by atoms with Crippen molar-refractivity contribution in [3.05, 3.63) is 82.0 Å². The molecule has 1 atom stereocenters. The van der Waals surface area contributed by atoms with Crippen molar-refractivity contribution < 1.29 is 14.6 Å². The molecule has 0 saturated carbocycles. The van der Waals surface area contributed by atoms with Gasteiger partial charge in [0.1, 0.15) is 11.5 Å². The highest BCUT2D eigenvalue weighted by atomic mass is 32.1. The zero-order valence-electron chi connectivity index (χ0n) is 13.3. The summed E-state index contributed by atoms with van der Waals surface area (Å²) in [5.41, 5.74) is 2.05. The summed E-state index contributed by atoms with van der Waals surface area (Å²) in [7, 11) is 0. The molecule has 0 amide bonds. The third-order valence-electron chi connectivity index (χ3n) is 3.87. The molecule has 0 aliphatic rings. The Morgan fingerprint density at radius 1 is 1.08 bits per heavy atom. The van der Waals surface area contributed by atoms with E-state index in [4.69, 9.17) is 4.74 Å². The predicted octanol–water partition coefficient (Wildman–Crippen LogP) is 5.26. The highest BCUT2D eigenvalue weighted by Gasteiger charge is 2.21. The van der Waals surface area contributed by atoms with Crippen LogP contribution in [0.2, 0.25) is 0 Å². The minimum Gasteiger partial charge on any atom is -0.481 e. The van der Waals surface area contributed by atoms with Gasteiger partial charge in [-0.05, 0) is 54.1 Å². The topological polar surface area (TPSA) is 46.5 Å². The van der Waals surface area contributed by atoms with Crippen molar-refractivity contribution in [2.24, 2.45) is 0 Å². The molecule has 0 bridgehead atoms. The maximum absolute atomic E-state index is 11.5. The summed E-state index contributed by atoms with van der Waals surface area (Å²) in [5.74, 6) is 0.272. The van der Waals surface area contributed by atoms with Gasteiger partial charge in [0.2, 0.25) is 0 Å². The molecular weight excluding hydrogens is 320 g/mol. The van der Waals surface area contributed by atoms with E-state index in [2.05, 4.69) is 0 Å². The number of carbonyl (C=O) groups is 1. The van der Waals surface area contributed by atoms with Crippen LogP contribution in [-0.2, 0) is 11.2 Å². The molecule has 1 heterocycles.